The predicted molar refractivity (Wildman–Crippen MR) is 59.7 cm³/mol. The lowest BCUT2D eigenvalue weighted by atomic mass is 9.81. The molecule has 0 aliphatic carbocycles. The van der Waals surface area contributed by atoms with E-state index in [-0.39, 0.29) is 29.8 Å². The van der Waals surface area contributed by atoms with Crippen LogP contribution in [-0.2, 0) is 4.74 Å². The molecule has 0 spiro atoms. The average Bonchev–Trinajstić information content (AvgIpc) is 2.30. The van der Waals surface area contributed by atoms with Gasteiger partial charge >= 0.3 is 0 Å². The van der Waals surface area contributed by atoms with E-state index in [1.165, 1.54) is 0 Å². The fourth-order valence-corrected chi connectivity index (χ4v) is 2.71. The summed E-state index contributed by atoms with van der Waals surface area (Å²) in [6, 6.07) is 0. The van der Waals surface area contributed by atoms with Gasteiger partial charge in [-0.15, -0.1) is 0 Å². The zero-order chi connectivity index (χ0) is 11.7. The van der Waals surface area contributed by atoms with Gasteiger partial charge in [-0.2, -0.15) is 0 Å². The summed E-state index contributed by atoms with van der Waals surface area (Å²) in [7, 11) is 0. The van der Waals surface area contributed by atoms with E-state index in [2.05, 4.69) is 13.8 Å². The van der Waals surface area contributed by atoms with Crippen LogP contribution in [0.25, 0.3) is 0 Å². The molecule has 2 atom stereocenters. The molecule has 1 rings (SSSR count). The molecule has 0 amide bonds. The standard InChI is InChI=1S/C12H24O3/c1-11(2)8-9(12(3,4)15-11)10(14)6-5-7-13/h9-10,13-14H,5-8H2,1-4H3. The molecule has 0 radical (unpaired) electrons. The highest BCUT2D eigenvalue weighted by atomic mass is 16.5. The fraction of sp³-hybridized carbons (Fsp3) is 1.00. The highest BCUT2D eigenvalue weighted by Gasteiger charge is 2.48. The molecule has 0 saturated carbocycles. The summed E-state index contributed by atoms with van der Waals surface area (Å²) in [6.45, 7) is 8.35. The quantitative estimate of drug-likeness (QED) is 0.752. The van der Waals surface area contributed by atoms with Gasteiger partial charge in [0, 0.05) is 12.5 Å². The predicted octanol–water partition coefficient (Wildman–Crippen LogP) is 1.71. The molecule has 0 bridgehead atoms. The van der Waals surface area contributed by atoms with Gasteiger partial charge in [-0.05, 0) is 47.0 Å². The van der Waals surface area contributed by atoms with Crippen molar-refractivity contribution in [3.8, 4) is 0 Å². The van der Waals surface area contributed by atoms with Gasteiger partial charge in [-0.3, -0.25) is 0 Å². The van der Waals surface area contributed by atoms with E-state index >= 15 is 0 Å². The number of hydrogen-bond donors (Lipinski definition) is 2. The van der Waals surface area contributed by atoms with E-state index in [9.17, 15) is 5.11 Å². The minimum atomic E-state index is -0.367. The van der Waals surface area contributed by atoms with Crippen LogP contribution in [0.2, 0.25) is 0 Å². The Kier molecular flexibility index (Phi) is 3.80. The van der Waals surface area contributed by atoms with Gasteiger partial charge in [0.15, 0.2) is 0 Å². The SMILES string of the molecule is CC1(C)CC(C(O)CCCO)C(C)(C)O1. The normalized spacial score (nSPS) is 30.4. The first-order valence-electron chi connectivity index (χ1n) is 5.77. The van der Waals surface area contributed by atoms with Crippen molar-refractivity contribution >= 4 is 0 Å². The maximum atomic E-state index is 10.1. The smallest absolute Gasteiger partial charge is 0.0687 e. The Hall–Kier alpha value is -0.120. The number of ether oxygens (including phenoxy) is 1. The average molecular weight is 216 g/mol. The zero-order valence-electron chi connectivity index (χ0n) is 10.3. The van der Waals surface area contributed by atoms with Crippen molar-refractivity contribution in [2.24, 2.45) is 5.92 Å². The van der Waals surface area contributed by atoms with Crippen molar-refractivity contribution in [1.29, 1.82) is 0 Å². The van der Waals surface area contributed by atoms with Crippen LogP contribution < -0.4 is 0 Å². The molecule has 1 aliphatic heterocycles. The zero-order valence-corrected chi connectivity index (χ0v) is 10.3. The van der Waals surface area contributed by atoms with Gasteiger partial charge in [-0.1, -0.05) is 0 Å². The number of aliphatic hydroxyl groups is 2. The Morgan fingerprint density at radius 3 is 2.33 bits per heavy atom. The van der Waals surface area contributed by atoms with Gasteiger partial charge in [-0.25, -0.2) is 0 Å². The molecular weight excluding hydrogens is 192 g/mol. The van der Waals surface area contributed by atoms with E-state index in [0.29, 0.717) is 12.8 Å². The summed E-state index contributed by atoms with van der Waals surface area (Å²) in [5.74, 6) is 0.166. The van der Waals surface area contributed by atoms with Crippen molar-refractivity contribution in [3.63, 3.8) is 0 Å². The second kappa shape index (κ2) is 4.40. The van der Waals surface area contributed by atoms with E-state index in [0.717, 1.165) is 6.42 Å². The first-order valence-corrected chi connectivity index (χ1v) is 5.77. The van der Waals surface area contributed by atoms with E-state index in [1.807, 2.05) is 13.8 Å². The molecular formula is C12H24O3. The minimum Gasteiger partial charge on any atom is -0.396 e. The molecule has 1 aliphatic rings. The van der Waals surface area contributed by atoms with Gasteiger partial charge < -0.3 is 14.9 Å². The van der Waals surface area contributed by atoms with Gasteiger partial charge in [0.05, 0.1) is 17.3 Å². The summed E-state index contributed by atoms with van der Waals surface area (Å²) in [6.07, 6.45) is 1.83. The summed E-state index contributed by atoms with van der Waals surface area (Å²) >= 11 is 0. The maximum Gasteiger partial charge on any atom is 0.0687 e. The van der Waals surface area contributed by atoms with Crippen LogP contribution in [0.4, 0.5) is 0 Å². The van der Waals surface area contributed by atoms with Crippen molar-refractivity contribution < 1.29 is 14.9 Å². The Bertz CT molecular complexity index is 211. The van der Waals surface area contributed by atoms with E-state index in [1.54, 1.807) is 0 Å². The van der Waals surface area contributed by atoms with Crippen LogP contribution in [0.1, 0.15) is 47.0 Å². The molecule has 2 N–H and O–H groups in total. The molecule has 1 heterocycles. The fourth-order valence-electron chi connectivity index (χ4n) is 2.71. The minimum absolute atomic E-state index is 0.144. The van der Waals surface area contributed by atoms with Gasteiger partial charge in [0.25, 0.3) is 0 Å². The molecule has 15 heavy (non-hydrogen) atoms. The maximum absolute atomic E-state index is 10.1. The van der Waals surface area contributed by atoms with Crippen LogP contribution in [-0.4, -0.2) is 34.1 Å². The molecule has 3 heteroatoms. The summed E-state index contributed by atoms with van der Waals surface area (Å²) < 4.78 is 5.93. The largest absolute Gasteiger partial charge is 0.396 e. The number of rotatable bonds is 4. The third-order valence-electron chi connectivity index (χ3n) is 3.27. The lowest BCUT2D eigenvalue weighted by Gasteiger charge is -2.30. The summed E-state index contributed by atoms with van der Waals surface area (Å²) in [5, 5.41) is 18.8. The summed E-state index contributed by atoms with van der Waals surface area (Å²) in [4.78, 5) is 0. The van der Waals surface area contributed by atoms with Crippen molar-refractivity contribution in [2.45, 2.75) is 64.3 Å². The van der Waals surface area contributed by atoms with Crippen molar-refractivity contribution in [1.82, 2.24) is 0 Å². The molecule has 0 aromatic heterocycles. The molecule has 3 nitrogen and oxygen atoms in total. The third-order valence-corrected chi connectivity index (χ3v) is 3.27. The second-order valence-corrected chi connectivity index (χ2v) is 5.71. The molecule has 1 saturated heterocycles. The third kappa shape index (κ3) is 3.16. The Morgan fingerprint density at radius 1 is 1.33 bits per heavy atom. The van der Waals surface area contributed by atoms with Gasteiger partial charge in [0.1, 0.15) is 0 Å². The van der Waals surface area contributed by atoms with E-state index in [4.69, 9.17) is 9.84 Å². The van der Waals surface area contributed by atoms with Crippen LogP contribution in [0, 0.1) is 5.92 Å². The summed E-state index contributed by atoms with van der Waals surface area (Å²) in [5.41, 5.74) is -0.410. The first-order chi connectivity index (χ1) is 6.78. The monoisotopic (exact) mass is 216 g/mol. The Labute approximate surface area is 92.4 Å². The second-order valence-electron chi connectivity index (χ2n) is 5.71. The van der Waals surface area contributed by atoms with Crippen molar-refractivity contribution in [3.05, 3.63) is 0 Å². The van der Waals surface area contributed by atoms with Crippen molar-refractivity contribution in [2.75, 3.05) is 6.61 Å². The molecule has 90 valence electrons. The number of hydrogen-bond acceptors (Lipinski definition) is 3. The lowest BCUT2D eigenvalue weighted by molar-refractivity contribution is -0.0884. The van der Waals surface area contributed by atoms with Crippen LogP contribution in [0.5, 0.6) is 0 Å². The Balaban J connectivity index is 2.61. The highest BCUT2D eigenvalue weighted by molar-refractivity contribution is 4.97. The molecule has 1 fully saturated rings. The van der Waals surface area contributed by atoms with Gasteiger partial charge in [0.2, 0.25) is 0 Å². The highest BCUT2D eigenvalue weighted by Crippen LogP contribution is 2.44. The molecule has 0 aromatic carbocycles. The van der Waals surface area contributed by atoms with Crippen LogP contribution in [0.15, 0.2) is 0 Å². The molecule has 2 unspecified atom stereocenters. The lowest BCUT2D eigenvalue weighted by Crippen LogP contribution is -2.36. The topological polar surface area (TPSA) is 49.7 Å². The number of aliphatic hydroxyl groups excluding tert-OH is 2. The van der Waals surface area contributed by atoms with E-state index < -0.39 is 0 Å². The molecule has 0 aromatic rings. The first kappa shape index (κ1) is 12.9. The van der Waals surface area contributed by atoms with Crippen LogP contribution >= 0.6 is 0 Å². The van der Waals surface area contributed by atoms with Crippen LogP contribution in [0.3, 0.4) is 0 Å². The Morgan fingerprint density at radius 2 is 1.93 bits per heavy atom.